The number of halogens is 3. The van der Waals surface area contributed by atoms with Crippen molar-refractivity contribution < 1.29 is 22.7 Å². The number of aromatic nitrogens is 1. The Hall–Kier alpha value is -3.07. The smallest absolute Gasteiger partial charge is 0.416 e. The van der Waals surface area contributed by atoms with Crippen LogP contribution in [0.2, 0.25) is 0 Å². The van der Waals surface area contributed by atoms with Gasteiger partial charge in [0.05, 0.1) is 12.0 Å². The third-order valence-corrected chi connectivity index (χ3v) is 5.68. The molecule has 5 nitrogen and oxygen atoms in total. The summed E-state index contributed by atoms with van der Waals surface area (Å²) in [7, 11) is 0. The maximum atomic E-state index is 12.7. The first-order valence-electron chi connectivity index (χ1n) is 9.23. The average molecular weight is 433 g/mol. The van der Waals surface area contributed by atoms with Gasteiger partial charge < -0.3 is 15.4 Å². The van der Waals surface area contributed by atoms with Gasteiger partial charge in [-0.3, -0.25) is 4.79 Å². The van der Waals surface area contributed by atoms with Gasteiger partial charge in [0.25, 0.3) is 0 Å². The van der Waals surface area contributed by atoms with E-state index in [0.717, 1.165) is 34.6 Å². The molecule has 9 heteroatoms. The lowest BCUT2D eigenvalue weighted by Crippen LogP contribution is -2.36. The Morgan fingerprint density at radius 3 is 2.53 bits per heavy atom. The van der Waals surface area contributed by atoms with Crippen LogP contribution in [0.15, 0.2) is 48.7 Å². The second-order valence-electron chi connectivity index (χ2n) is 6.96. The molecule has 4 rings (SSSR count). The standard InChI is InChI=1S/C21H18F3N3O2S/c22-21(23,24)15-2-5-16(6-3-15)29-17-4-1-13-7-8-27(12-14(13)9-17)19(28)10-18-11-26-20(25)30-18/h1-6,9,11H,7-8,10,12H2,(H2,25,26). The number of ether oxygens (including phenoxy) is 1. The predicted octanol–water partition coefficient (Wildman–Crippen LogP) is 4.66. The highest BCUT2D eigenvalue weighted by Crippen LogP contribution is 2.32. The molecule has 0 unspecified atom stereocenters. The van der Waals surface area contributed by atoms with Gasteiger partial charge in [0.2, 0.25) is 5.91 Å². The first-order chi connectivity index (χ1) is 14.3. The van der Waals surface area contributed by atoms with Gasteiger partial charge in [0, 0.05) is 24.2 Å². The monoisotopic (exact) mass is 433 g/mol. The van der Waals surface area contributed by atoms with E-state index in [-0.39, 0.29) is 12.3 Å². The summed E-state index contributed by atoms with van der Waals surface area (Å²) < 4.78 is 43.8. The first-order valence-corrected chi connectivity index (χ1v) is 10.0. The van der Waals surface area contributed by atoms with Crippen LogP contribution in [-0.4, -0.2) is 22.3 Å². The van der Waals surface area contributed by atoms with Crippen molar-refractivity contribution >= 4 is 22.4 Å². The Bertz CT molecular complexity index is 1060. The number of fused-ring (bicyclic) bond motifs is 1. The zero-order chi connectivity index (χ0) is 21.3. The summed E-state index contributed by atoms with van der Waals surface area (Å²) in [5.74, 6) is 0.825. The van der Waals surface area contributed by atoms with E-state index in [1.165, 1.54) is 23.5 Å². The molecule has 0 radical (unpaired) electrons. The number of hydrogen-bond acceptors (Lipinski definition) is 5. The summed E-state index contributed by atoms with van der Waals surface area (Å²) in [4.78, 5) is 19.2. The molecule has 0 bridgehead atoms. The van der Waals surface area contributed by atoms with Crippen molar-refractivity contribution in [1.82, 2.24) is 9.88 Å². The molecule has 0 saturated carbocycles. The first kappa shape index (κ1) is 20.2. The van der Waals surface area contributed by atoms with E-state index in [1.54, 1.807) is 17.2 Å². The minimum Gasteiger partial charge on any atom is -0.457 e. The minimum absolute atomic E-state index is 0.00152. The maximum absolute atomic E-state index is 12.7. The van der Waals surface area contributed by atoms with Gasteiger partial charge in [-0.15, -0.1) is 11.3 Å². The van der Waals surface area contributed by atoms with Crippen molar-refractivity contribution in [1.29, 1.82) is 0 Å². The highest BCUT2D eigenvalue weighted by atomic mass is 32.1. The zero-order valence-corrected chi connectivity index (χ0v) is 16.6. The third-order valence-electron chi connectivity index (χ3n) is 4.86. The van der Waals surface area contributed by atoms with Crippen molar-refractivity contribution in [3.63, 3.8) is 0 Å². The molecule has 30 heavy (non-hydrogen) atoms. The lowest BCUT2D eigenvalue weighted by molar-refractivity contribution is -0.137. The highest BCUT2D eigenvalue weighted by molar-refractivity contribution is 7.15. The molecule has 1 aliphatic rings. The molecule has 3 aromatic rings. The number of amides is 1. The van der Waals surface area contributed by atoms with Crippen LogP contribution in [0.4, 0.5) is 18.3 Å². The van der Waals surface area contributed by atoms with Gasteiger partial charge in [-0.1, -0.05) is 6.07 Å². The van der Waals surface area contributed by atoms with E-state index < -0.39 is 11.7 Å². The van der Waals surface area contributed by atoms with E-state index in [4.69, 9.17) is 10.5 Å². The second-order valence-corrected chi connectivity index (χ2v) is 8.11. The van der Waals surface area contributed by atoms with Crippen molar-refractivity contribution in [3.05, 3.63) is 70.2 Å². The normalized spacial score (nSPS) is 13.8. The molecule has 0 fully saturated rings. The predicted molar refractivity (Wildman–Crippen MR) is 107 cm³/mol. The van der Waals surface area contributed by atoms with Crippen LogP contribution in [0, 0.1) is 0 Å². The molecule has 1 aromatic heterocycles. The van der Waals surface area contributed by atoms with Crippen molar-refractivity contribution in [2.75, 3.05) is 12.3 Å². The number of benzene rings is 2. The molecule has 0 aliphatic carbocycles. The summed E-state index contributed by atoms with van der Waals surface area (Å²) in [5.41, 5.74) is 6.98. The van der Waals surface area contributed by atoms with E-state index in [1.807, 2.05) is 12.1 Å². The Kier molecular flexibility index (Phi) is 5.38. The lowest BCUT2D eigenvalue weighted by atomic mass is 9.99. The number of anilines is 1. The Labute approximate surface area is 174 Å². The number of carbonyl (C=O) groups excluding carboxylic acids is 1. The molecular formula is C21H18F3N3O2S. The van der Waals surface area contributed by atoms with Gasteiger partial charge in [-0.2, -0.15) is 13.2 Å². The minimum atomic E-state index is -4.38. The molecule has 2 N–H and O–H groups in total. The van der Waals surface area contributed by atoms with Crippen LogP contribution in [0.3, 0.4) is 0 Å². The van der Waals surface area contributed by atoms with E-state index >= 15 is 0 Å². The van der Waals surface area contributed by atoms with Crippen LogP contribution in [0.5, 0.6) is 11.5 Å². The number of nitrogens with two attached hydrogens (primary N) is 1. The lowest BCUT2D eigenvalue weighted by Gasteiger charge is -2.29. The molecule has 2 heterocycles. The Morgan fingerprint density at radius 2 is 1.87 bits per heavy atom. The van der Waals surface area contributed by atoms with Crippen LogP contribution < -0.4 is 10.5 Å². The average Bonchev–Trinajstić information content (AvgIpc) is 3.11. The molecule has 156 valence electrons. The number of thiazole rings is 1. The highest BCUT2D eigenvalue weighted by Gasteiger charge is 2.30. The van der Waals surface area contributed by atoms with Crippen molar-refractivity contribution in [3.8, 4) is 11.5 Å². The van der Waals surface area contributed by atoms with E-state index in [2.05, 4.69) is 4.98 Å². The number of alkyl halides is 3. The van der Waals surface area contributed by atoms with E-state index in [9.17, 15) is 18.0 Å². The Morgan fingerprint density at radius 1 is 1.13 bits per heavy atom. The number of carbonyl (C=O) groups is 1. The quantitative estimate of drug-likeness (QED) is 0.650. The topological polar surface area (TPSA) is 68.5 Å². The van der Waals surface area contributed by atoms with E-state index in [0.29, 0.717) is 29.7 Å². The van der Waals surface area contributed by atoms with Crippen LogP contribution in [-0.2, 0) is 30.4 Å². The van der Waals surface area contributed by atoms with Crippen molar-refractivity contribution in [2.45, 2.75) is 25.6 Å². The Balaban J connectivity index is 1.44. The fraction of sp³-hybridized carbons (Fsp3) is 0.238. The summed E-state index contributed by atoms with van der Waals surface area (Å²) in [5, 5.41) is 0.437. The fourth-order valence-electron chi connectivity index (χ4n) is 3.32. The summed E-state index contributed by atoms with van der Waals surface area (Å²) in [6.45, 7) is 1.08. The number of nitrogens with zero attached hydrogens (tertiary/aromatic N) is 2. The molecule has 1 amide bonds. The van der Waals surface area contributed by atoms with Crippen molar-refractivity contribution in [2.24, 2.45) is 0 Å². The van der Waals surface area contributed by atoms with Gasteiger partial charge in [0.1, 0.15) is 11.5 Å². The van der Waals surface area contributed by atoms with Crippen LogP contribution >= 0.6 is 11.3 Å². The molecule has 0 spiro atoms. The number of hydrogen-bond donors (Lipinski definition) is 1. The third kappa shape index (κ3) is 4.56. The van der Waals surface area contributed by atoms with Gasteiger partial charge in [0.15, 0.2) is 5.13 Å². The summed E-state index contributed by atoms with van der Waals surface area (Å²) in [6, 6.07) is 10.1. The van der Waals surface area contributed by atoms with Crippen LogP contribution in [0.1, 0.15) is 21.6 Å². The maximum Gasteiger partial charge on any atom is 0.416 e. The summed E-state index contributed by atoms with van der Waals surface area (Å²) in [6.07, 6.45) is -1.78. The zero-order valence-electron chi connectivity index (χ0n) is 15.8. The molecule has 2 aromatic carbocycles. The largest absolute Gasteiger partial charge is 0.457 e. The molecule has 0 saturated heterocycles. The summed E-state index contributed by atoms with van der Waals surface area (Å²) >= 11 is 1.30. The fourth-order valence-corrected chi connectivity index (χ4v) is 4.00. The van der Waals surface area contributed by atoms with Gasteiger partial charge in [-0.25, -0.2) is 4.98 Å². The molecule has 1 aliphatic heterocycles. The molecular weight excluding hydrogens is 415 g/mol. The molecule has 0 atom stereocenters. The SMILES string of the molecule is Nc1ncc(CC(=O)N2CCc3ccc(Oc4ccc(C(F)(F)F)cc4)cc3C2)s1. The number of nitrogen functional groups attached to an aromatic ring is 1. The number of rotatable bonds is 4. The van der Waals surface area contributed by atoms with Crippen LogP contribution in [0.25, 0.3) is 0 Å². The van der Waals surface area contributed by atoms with Gasteiger partial charge in [-0.05, 0) is 53.9 Å². The van der Waals surface area contributed by atoms with Gasteiger partial charge >= 0.3 is 6.18 Å². The second kappa shape index (κ2) is 7.98.